The van der Waals surface area contributed by atoms with Crippen molar-refractivity contribution in [2.45, 2.75) is 61.7 Å². The maximum atomic E-state index is 12.8. The Morgan fingerprint density at radius 2 is 1.79 bits per heavy atom. The monoisotopic (exact) mass is 485 g/mol. The molecule has 180 valence electrons. The number of anilines is 1. The molecule has 1 spiro atoms. The van der Waals surface area contributed by atoms with Gasteiger partial charge in [-0.3, -0.25) is 9.59 Å². The zero-order chi connectivity index (χ0) is 24.2. The Hall–Kier alpha value is -3.31. The van der Waals surface area contributed by atoms with E-state index in [-0.39, 0.29) is 16.6 Å². The van der Waals surface area contributed by atoms with Gasteiger partial charge in [0.2, 0.25) is 10.0 Å². The van der Waals surface area contributed by atoms with Gasteiger partial charge in [-0.1, -0.05) is 29.4 Å². The summed E-state index contributed by atoms with van der Waals surface area (Å²) in [5, 5.41) is 9.82. The van der Waals surface area contributed by atoms with E-state index in [1.54, 1.807) is 24.4 Å². The second-order valence-corrected chi connectivity index (χ2v) is 10.3. The molecule has 2 heterocycles. The summed E-state index contributed by atoms with van der Waals surface area (Å²) in [6.45, 7) is 1.20. The molecule has 1 saturated carbocycles. The number of sulfonamides is 1. The van der Waals surface area contributed by atoms with Crippen molar-refractivity contribution >= 4 is 33.2 Å². The predicted molar refractivity (Wildman–Crippen MR) is 125 cm³/mol. The molecule has 1 amide bonds. The minimum Gasteiger partial charge on any atom is -0.388 e. The third kappa shape index (κ3) is 5.60. The molecule has 2 aromatic rings. The Bertz CT molecular complexity index is 1160. The van der Waals surface area contributed by atoms with Crippen molar-refractivity contribution < 1.29 is 22.8 Å². The number of carbonyl (C=O) groups excluding carboxylic acids is 2. The first-order chi connectivity index (χ1) is 16.3. The van der Waals surface area contributed by atoms with Gasteiger partial charge in [0.05, 0.1) is 4.90 Å². The van der Waals surface area contributed by atoms with Gasteiger partial charge in [0.1, 0.15) is 17.1 Å². The highest BCUT2D eigenvalue weighted by Crippen LogP contribution is 2.39. The third-order valence-corrected chi connectivity index (χ3v) is 7.46. The van der Waals surface area contributed by atoms with Crippen molar-refractivity contribution in [1.29, 1.82) is 0 Å². The highest BCUT2D eigenvalue weighted by Gasteiger charge is 2.44. The predicted octanol–water partition coefficient (Wildman–Crippen LogP) is 1.96. The van der Waals surface area contributed by atoms with Gasteiger partial charge < -0.3 is 15.5 Å². The molecule has 1 atom stereocenters. The molecular formula is C23H27N5O5S. The summed E-state index contributed by atoms with van der Waals surface area (Å²) in [4.78, 5) is 34.8. The van der Waals surface area contributed by atoms with Crippen LogP contribution < -0.4 is 15.4 Å². The van der Waals surface area contributed by atoms with Crippen LogP contribution in [-0.2, 0) is 24.4 Å². The molecule has 3 N–H and O–H groups in total. The topological polar surface area (TPSA) is 139 Å². The molecule has 1 aromatic carbocycles. The molecule has 4 rings (SSSR count). The van der Waals surface area contributed by atoms with Crippen LogP contribution in [0.2, 0.25) is 0 Å². The van der Waals surface area contributed by atoms with E-state index < -0.39 is 33.5 Å². The summed E-state index contributed by atoms with van der Waals surface area (Å²) in [6, 6.07) is 13.6. The zero-order valence-corrected chi connectivity index (χ0v) is 19.5. The van der Waals surface area contributed by atoms with Crippen LogP contribution in [0.1, 0.15) is 39.0 Å². The molecule has 1 aliphatic carbocycles. The number of pyridine rings is 1. The molecule has 34 heavy (non-hydrogen) atoms. The minimum absolute atomic E-state index is 0.00735. The van der Waals surface area contributed by atoms with Crippen molar-refractivity contribution in [3.8, 4) is 0 Å². The van der Waals surface area contributed by atoms with Crippen LogP contribution >= 0.6 is 0 Å². The summed E-state index contributed by atoms with van der Waals surface area (Å²) in [5.74, 6) is -0.370. The van der Waals surface area contributed by atoms with Crippen LogP contribution in [0.3, 0.4) is 0 Å². The number of nitrogens with zero attached hydrogens (tertiary/aromatic N) is 2. The summed E-state index contributed by atoms with van der Waals surface area (Å²) in [7, 11) is -4.00. The fraction of sp³-hybridized carbons (Fsp3) is 0.391. The molecule has 1 aliphatic heterocycles. The fourth-order valence-corrected chi connectivity index (χ4v) is 5.29. The quantitative estimate of drug-likeness (QED) is 0.486. The molecule has 11 heteroatoms. The highest BCUT2D eigenvalue weighted by atomic mass is 32.2. The molecule has 10 nitrogen and oxygen atoms in total. The number of ketones is 1. The van der Waals surface area contributed by atoms with Crippen molar-refractivity contribution in [2.24, 2.45) is 5.16 Å². The largest absolute Gasteiger partial charge is 0.388 e. The SMILES string of the molecule is CC(=O)C(NC(=O)C1=NOC2(CCC(Nc3ccccn3)CC2)C1)NS(=O)(=O)c1ccccc1. The molecule has 0 radical (unpaired) electrons. The Labute approximate surface area is 198 Å². The van der Waals surface area contributed by atoms with Crippen molar-refractivity contribution in [3.63, 3.8) is 0 Å². The summed E-state index contributed by atoms with van der Waals surface area (Å²) in [5.41, 5.74) is -0.425. The van der Waals surface area contributed by atoms with E-state index in [0.717, 1.165) is 18.7 Å². The van der Waals surface area contributed by atoms with Crippen LogP contribution in [-0.4, -0.2) is 48.6 Å². The number of nitrogens with one attached hydrogen (secondary N) is 3. The van der Waals surface area contributed by atoms with Gasteiger partial charge in [-0.15, -0.1) is 0 Å². The lowest BCUT2D eigenvalue weighted by Crippen LogP contribution is -2.53. The first-order valence-electron chi connectivity index (χ1n) is 11.1. The Balaban J connectivity index is 1.32. The summed E-state index contributed by atoms with van der Waals surface area (Å²) in [6.07, 6.45) is 3.67. The summed E-state index contributed by atoms with van der Waals surface area (Å²) >= 11 is 0. The second kappa shape index (κ2) is 9.90. The average molecular weight is 486 g/mol. The third-order valence-electron chi connectivity index (χ3n) is 6.02. The minimum atomic E-state index is -4.00. The van der Waals surface area contributed by atoms with Gasteiger partial charge in [-0.25, -0.2) is 13.4 Å². The van der Waals surface area contributed by atoms with E-state index >= 15 is 0 Å². The first kappa shape index (κ1) is 23.8. The number of carbonyl (C=O) groups is 2. The van der Waals surface area contributed by atoms with Gasteiger partial charge in [0.15, 0.2) is 11.9 Å². The zero-order valence-electron chi connectivity index (χ0n) is 18.7. The normalized spacial score (nSPS) is 23.0. The maximum Gasteiger partial charge on any atom is 0.270 e. The van der Waals surface area contributed by atoms with Gasteiger partial charge in [0, 0.05) is 18.7 Å². The maximum absolute atomic E-state index is 12.8. The van der Waals surface area contributed by atoms with Crippen molar-refractivity contribution in [3.05, 3.63) is 54.7 Å². The summed E-state index contributed by atoms with van der Waals surface area (Å²) < 4.78 is 27.4. The number of hydrogen-bond acceptors (Lipinski definition) is 8. The first-order valence-corrected chi connectivity index (χ1v) is 12.6. The molecule has 0 bridgehead atoms. The van der Waals surface area contributed by atoms with Gasteiger partial charge >= 0.3 is 0 Å². The molecule has 2 aliphatic rings. The van der Waals surface area contributed by atoms with Crippen LogP contribution in [0.25, 0.3) is 0 Å². The van der Waals surface area contributed by atoms with E-state index in [2.05, 4.69) is 25.5 Å². The molecule has 1 fully saturated rings. The lowest BCUT2D eigenvalue weighted by molar-refractivity contribution is -0.123. The molecule has 0 saturated heterocycles. The smallest absolute Gasteiger partial charge is 0.270 e. The van der Waals surface area contributed by atoms with Crippen molar-refractivity contribution in [1.82, 2.24) is 15.0 Å². The van der Waals surface area contributed by atoms with Crippen molar-refractivity contribution in [2.75, 3.05) is 5.32 Å². The lowest BCUT2D eigenvalue weighted by atomic mass is 9.79. The van der Waals surface area contributed by atoms with Crippen LogP contribution in [0.4, 0.5) is 5.82 Å². The Morgan fingerprint density at radius 3 is 2.44 bits per heavy atom. The van der Waals surface area contributed by atoms with Crippen LogP contribution in [0, 0.1) is 0 Å². The average Bonchev–Trinajstić information content (AvgIpc) is 3.25. The highest BCUT2D eigenvalue weighted by molar-refractivity contribution is 7.89. The van der Waals surface area contributed by atoms with Gasteiger partial charge in [0.25, 0.3) is 5.91 Å². The van der Waals surface area contributed by atoms with E-state index in [9.17, 15) is 18.0 Å². The van der Waals surface area contributed by atoms with Gasteiger partial charge in [-0.2, -0.15) is 4.72 Å². The standard InChI is InChI=1S/C23H27N5O5S/c1-16(29)21(28-34(31,32)18-7-3-2-4-8-18)26-22(30)19-15-23(33-27-19)12-10-17(11-13-23)25-20-9-5-6-14-24-20/h2-9,14,17,21,28H,10-13,15H2,1H3,(H,24,25)(H,26,30). The Morgan fingerprint density at radius 1 is 1.09 bits per heavy atom. The lowest BCUT2D eigenvalue weighted by Gasteiger charge is -2.35. The van der Waals surface area contributed by atoms with E-state index in [0.29, 0.717) is 19.3 Å². The second-order valence-electron chi connectivity index (χ2n) is 8.57. The fourth-order valence-electron chi connectivity index (χ4n) is 4.11. The number of benzene rings is 1. The van der Waals surface area contributed by atoms with E-state index in [1.807, 2.05) is 18.2 Å². The van der Waals surface area contributed by atoms with Crippen LogP contribution in [0.5, 0.6) is 0 Å². The molecule has 1 unspecified atom stereocenters. The number of aromatic nitrogens is 1. The number of Topliss-reactive ketones (excluding diaryl/α,β-unsaturated/α-hetero) is 1. The number of hydrogen-bond donors (Lipinski definition) is 3. The van der Waals surface area contributed by atoms with E-state index in [4.69, 9.17) is 4.84 Å². The number of rotatable bonds is 8. The number of amides is 1. The van der Waals surface area contributed by atoms with Gasteiger partial charge in [-0.05, 0) is 56.9 Å². The number of oxime groups is 1. The molecular weight excluding hydrogens is 458 g/mol. The van der Waals surface area contributed by atoms with E-state index in [1.165, 1.54) is 19.1 Å². The molecule has 1 aromatic heterocycles. The Kier molecular flexibility index (Phi) is 6.94. The van der Waals surface area contributed by atoms with Crippen LogP contribution in [0.15, 0.2) is 64.8 Å².